The van der Waals surface area contributed by atoms with Gasteiger partial charge in [0.25, 0.3) is 11.8 Å². The maximum Gasteiger partial charge on any atom is 0.341 e. The first kappa shape index (κ1) is 32.9. The molecule has 3 aromatic rings. The van der Waals surface area contributed by atoms with Gasteiger partial charge in [-0.15, -0.1) is 0 Å². The highest BCUT2D eigenvalue weighted by Gasteiger charge is 2.49. The van der Waals surface area contributed by atoms with Crippen LogP contribution in [0.4, 0.5) is 0 Å². The number of carboxylic acid groups (broad SMARTS) is 1. The lowest BCUT2D eigenvalue weighted by molar-refractivity contribution is -0.139. The predicted octanol–water partition coefficient (Wildman–Crippen LogP) is 5.18. The fourth-order valence-electron chi connectivity index (χ4n) is 6.15. The van der Waals surface area contributed by atoms with Crippen molar-refractivity contribution in [3.8, 4) is 5.75 Å². The van der Waals surface area contributed by atoms with Gasteiger partial charge < -0.3 is 14.7 Å². The molecule has 1 aliphatic heterocycles. The van der Waals surface area contributed by atoms with Gasteiger partial charge in [-0.3, -0.25) is 14.4 Å². The molecule has 5 rings (SSSR count). The Bertz CT molecular complexity index is 1590. The van der Waals surface area contributed by atoms with Gasteiger partial charge in [0.2, 0.25) is 0 Å². The average molecular weight is 675 g/mol. The Morgan fingerprint density at radius 3 is 2.47 bits per heavy atom. The number of hydroxylamine groups is 1. The Labute approximate surface area is 273 Å². The first-order valence-electron chi connectivity index (χ1n) is 14.5. The molecule has 3 N–H and O–H groups in total. The highest BCUT2D eigenvalue weighted by Crippen LogP contribution is 2.47. The molecule has 0 radical (unpaired) electrons. The Morgan fingerprint density at radius 2 is 1.76 bits per heavy atom. The molecule has 3 aromatic carbocycles. The molecule has 1 saturated carbocycles. The van der Waals surface area contributed by atoms with Crippen molar-refractivity contribution in [1.82, 2.24) is 15.1 Å². The number of aliphatic carboxylic acids is 1. The number of hydrogen-bond donors (Lipinski definition) is 3. The first-order valence-corrected chi connectivity index (χ1v) is 16.8. The number of carbonyl (C=O) groups is 3. The van der Waals surface area contributed by atoms with Gasteiger partial charge in [-0.05, 0) is 59.9 Å². The van der Waals surface area contributed by atoms with E-state index in [4.69, 9.17) is 37.9 Å². The molecule has 5 atom stereocenters. The second-order valence-electron chi connectivity index (χ2n) is 11.0. The van der Waals surface area contributed by atoms with E-state index in [1.54, 1.807) is 77.9 Å². The lowest BCUT2D eigenvalue weighted by Gasteiger charge is -2.49. The van der Waals surface area contributed by atoms with Gasteiger partial charge in [0.1, 0.15) is 5.75 Å². The van der Waals surface area contributed by atoms with Crippen LogP contribution in [-0.2, 0) is 32.0 Å². The maximum absolute atomic E-state index is 14.3. The van der Waals surface area contributed by atoms with E-state index in [0.29, 0.717) is 44.5 Å². The summed E-state index contributed by atoms with van der Waals surface area (Å²) in [6, 6.07) is 17.2. The minimum Gasteiger partial charge on any atom is -0.482 e. The normalized spacial score (nSPS) is 21.9. The number of carbonyl (C=O) groups excluding carboxylic acids is 2. The van der Waals surface area contributed by atoms with Crippen LogP contribution in [-0.4, -0.2) is 56.9 Å². The Balaban J connectivity index is 1.48. The number of benzene rings is 3. The minimum atomic E-state index is -1.32. The molecule has 10 nitrogen and oxygen atoms in total. The van der Waals surface area contributed by atoms with Gasteiger partial charge >= 0.3 is 5.97 Å². The number of ether oxygens (including phenoxy) is 1. The molecule has 1 unspecified atom stereocenters. The fraction of sp³-hybridized carbons (Fsp3) is 0.344. The molecule has 2 amide bonds. The summed E-state index contributed by atoms with van der Waals surface area (Å²) >= 11 is 13.0. The number of amides is 2. The van der Waals surface area contributed by atoms with Crippen LogP contribution in [0.3, 0.4) is 0 Å². The smallest absolute Gasteiger partial charge is 0.341 e. The highest BCUT2D eigenvalue weighted by molar-refractivity contribution is 7.82. The van der Waals surface area contributed by atoms with Gasteiger partial charge in [-0.2, -0.15) is 0 Å². The minimum absolute atomic E-state index is 0.0191. The van der Waals surface area contributed by atoms with Crippen LogP contribution in [0.2, 0.25) is 10.0 Å². The summed E-state index contributed by atoms with van der Waals surface area (Å²) in [6.45, 7) is -0.438. The van der Waals surface area contributed by atoms with Crippen molar-refractivity contribution in [3.05, 3.63) is 99.0 Å². The van der Waals surface area contributed by atoms with E-state index in [9.17, 15) is 18.6 Å². The lowest BCUT2D eigenvalue weighted by atomic mass is 9.76. The van der Waals surface area contributed by atoms with Crippen molar-refractivity contribution in [2.75, 3.05) is 12.9 Å². The molecule has 1 fully saturated rings. The Morgan fingerprint density at radius 1 is 1.02 bits per heavy atom. The standard InChI is InChI=1S/C32H33Cl2N3O7S/c1-45(42)36-26-8-4-5-9-27(26)37-30(24-15-12-20(33)16-25(24)34)29(22-6-2-3-7-23(22)32(37)41)31(40)35-44-17-19-10-13-21(14-11-19)43-18-28(38)39/h2-3,6-7,10-16,26-27,29-30,36H,4-5,8-9,17-18H2,1H3,(H,35,40)(H,38,39)/t26-,27-,29+,30-,45?/m0/s1. The van der Waals surface area contributed by atoms with Gasteiger partial charge in [0.15, 0.2) is 6.61 Å². The van der Waals surface area contributed by atoms with E-state index in [2.05, 4.69) is 10.2 Å². The largest absolute Gasteiger partial charge is 0.482 e. The molecule has 2 aliphatic rings. The highest BCUT2D eigenvalue weighted by atomic mass is 35.5. The average Bonchev–Trinajstić information content (AvgIpc) is 3.01. The predicted molar refractivity (Wildman–Crippen MR) is 170 cm³/mol. The van der Waals surface area contributed by atoms with Crippen molar-refractivity contribution >= 4 is 52.0 Å². The second kappa shape index (κ2) is 14.7. The monoisotopic (exact) mass is 673 g/mol. The Kier molecular flexibility index (Phi) is 10.8. The number of fused-ring (bicyclic) bond motifs is 1. The van der Waals surface area contributed by atoms with Gasteiger partial charge in [0, 0.05) is 33.9 Å². The van der Waals surface area contributed by atoms with Crippen molar-refractivity contribution in [3.63, 3.8) is 0 Å². The van der Waals surface area contributed by atoms with Crippen molar-refractivity contribution in [2.24, 2.45) is 0 Å². The number of hydrogen-bond acceptors (Lipinski definition) is 6. The van der Waals surface area contributed by atoms with E-state index in [1.807, 2.05) is 0 Å². The summed E-state index contributed by atoms with van der Waals surface area (Å²) in [7, 11) is -1.32. The molecule has 0 saturated heterocycles. The molecule has 0 spiro atoms. The lowest BCUT2D eigenvalue weighted by Crippen LogP contribution is -2.58. The topological polar surface area (TPSA) is 134 Å². The Hall–Kier alpha value is -3.48. The van der Waals surface area contributed by atoms with E-state index in [-0.39, 0.29) is 24.6 Å². The molecule has 238 valence electrons. The SMILES string of the molecule is CS(=O)N[C@H]1CCCC[C@@H]1N1C(=O)c2ccccc2[C@@H](C(=O)NOCc2ccc(OCC(=O)O)cc2)[C@@H]1c1ccc(Cl)cc1Cl. The van der Waals surface area contributed by atoms with Crippen molar-refractivity contribution in [2.45, 2.75) is 56.3 Å². The summed E-state index contributed by atoms with van der Waals surface area (Å²) in [5.74, 6) is -2.31. The number of halogens is 2. The number of carboxylic acids is 1. The van der Waals surface area contributed by atoms with Crippen LogP contribution in [0, 0.1) is 0 Å². The molecule has 1 heterocycles. The van der Waals surface area contributed by atoms with Crippen LogP contribution in [0.25, 0.3) is 0 Å². The summed E-state index contributed by atoms with van der Waals surface area (Å²) in [5.41, 5.74) is 4.79. The third-order valence-corrected chi connectivity index (χ3v) is 9.24. The quantitative estimate of drug-likeness (QED) is 0.239. The number of rotatable bonds is 11. The molecule has 0 bridgehead atoms. The van der Waals surface area contributed by atoms with Crippen LogP contribution < -0.4 is 14.9 Å². The van der Waals surface area contributed by atoms with Crippen LogP contribution in [0.15, 0.2) is 66.7 Å². The number of nitrogens with one attached hydrogen (secondary N) is 2. The van der Waals surface area contributed by atoms with Gasteiger partial charge in [-0.25, -0.2) is 19.2 Å². The summed E-state index contributed by atoms with van der Waals surface area (Å²) in [4.78, 5) is 46.6. The molecule has 13 heteroatoms. The van der Waals surface area contributed by atoms with E-state index < -0.39 is 41.4 Å². The molecule has 0 aromatic heterocycles. The zero-order valence-corrected chi connectivity index (χ0v) is 26.7. The van der Waals surface area contributed by atoms with Gasteiger partial charge in [0.05, 0.1) is 29.6 Å². The molecule has 1 aliphatic carbocycles. The van der Waals surface area contributed by atoms with Gasteiger partial charge in [-0.1, -0.05) is 72.4 Å². The maximum atomic E-state index is 14.3. The van der Waals surface area contributed by atoms with Crippen molar-refractivity contribution in [1.29, 1.82) is 0 Å². The fourth-order valence-corrected chi connectivity index (χ4v) is 7.37. The van der Waals surface area contributed by atoms with Crippen molar-refractivity contribution < 1.29 is 33.3 Å². The second-order valence-corrected chi connectivity index (χ2v) is 13.0. The first-order chi connectivity index (χ1) is 21.6. The summed E-state index contributed by atoms with van der Waals surface area (Å²) < 4.78 is 20.6. The summed E-state index contributed by atoms with van der Waals surface area (Å²) in [6.07, 6.45) is 4.72. The summed E-state index contributed by atoms with van der Waals surface area (Å²) in [5, 5.41) is 9.53. The third kappa shape index (κ3) is 7.67. The van der Waals surface area contributed by atoms with Crippen LogP contribution in [0.1, 0.15) is 64.7 Å². The van der Waals surface area contributed by atoms with E-state index in [1.165, 1.54) is 0 Å². The molecule has 45 heavy (non-hydrogen) atoms. The zero-order valence-electron chi connectivity index (χ0n) is 24.4. The molecular formula is C32H33Cl2N3O7S. The van der Waals surface area contributed by atoms with E-state index in [0.717, 1.165) is 19.3 Å². The van der Waals surface area contributed by atoms with Crippen LogP contribution in [0.5, 0.6) is 5.75 Å². The number of nitrogens with zero attached hydrogens (tertiary/aromatic N) is 1. The van der Waals surface area contributed by atoms with E-state index >= 15 is 0 Å². The zero-order chi connectivity index (χ0) is 32.1. The third-order valence-electron chi connectivity index (χ3n) is 8.04. The molecular weight excluding hydrogens is 641 g/mol. The van der Waals surface area contributed by atoms with Crippen LogP contribution >= 0.6 is 23.2 Å².